The second kappa shape index (κ2) is 15.7. The van der Waals surface area contributed by atoms with E-state index < -0.39 is 66.3 Å². The number of aliphatic hydroxyl groups excluding tert-OH is 1. The van der Waals surface area contributed by atoms with Crippen LogP contribution in [0.4, 0.5) is 0 Å². The highest BCUT2D eigenvalue weighted by Gasteiger charge is 2.31. The molecule has 5 unspecified atom stereocenters. The van der Waals surface area contributed by atoms with Gasteiger partial charge in [-0.1, -0.05) is 12.1 Å². The molecule has 0 saturated heterocycles. The minimum Gasteiger partial charge on any atom is -0.508 e. The van der Waals surface area contributed by atoms with E-state index in [0.717, 1.165) is 0 Å². The number of aliphatic imine (C=N–C) groups is 1. The zero-order valence-corrected chi connectivity index (χ0v) is 21.4. The Balaban J connectivity index is 3.21. The molecule has 0 fully saturated rings. The summed E-state index contributed by atoms with van der Waals surface area (Å²) in [5.74, 6) is -5.32. The average Bonchev–Trinajstić information content (AvgIpc) is 2.84. The summed E-state index contributed by atoms with van der Waals surface area (Å²) >= 11 is 0. The van der Waals surface area contributed by atoms with Crippen molar-refractivity contribution in [1.82, 2.24) is 16.0 Å². The number of rotatable bonds is 16. The van der Waals surface area contributed by atoms with E-state index in [1.165, 1.54) is 31.2 Å². The first-order chi connectivity index (χ1) is 18.2. The summed E-state index contributed by atoms with van der Waals surface area (Å²) in [6.45, 7) is 1.41. The molecular weight excluding hydrogens is 516 g/mol. The van der Waals surface area contributed by atoms with Crippen molar-refractivity contribution in [3.05, 3.63) is 29.8 Å². The van der Waals surface area contributed by atoms with Crippen molar-refractivity contribution in [2.75, 3.05) is 6.54 Å². The number of amides is 4. The van der Waals surface area contributed by atoms with E-state index in [1.807, 2.05) is 0 Å². The number of aromatic hydroxyl groups is 1. The van der Waals surface area contributed by atoms with E-state index >= 15 is 0 Å². The standard InChI is InChI=1S/C23H36N8O8/c1-11(32)18(25)21(37)29-14(3-2-8-28-23(26)27)19(35)30-15(9-12-4-6-13(33)7-5-12)20(36)31-16(22(38)39)10-17(24)34/h4-7,11,14-16,18,32-33H,2-3,8-10,25H2,1H3,(H2,24,34)(H,29,37)(H,30,35)(H,31,36)(H,38,39)(H4,26,27,28). The lowest BCUT2D eigenvalue weighted by molar-refractivity contribution is -0.143. The van der Waals surface area contributed by atoms with Crippen LogP contribution in [0.1, 0.15) is 31.7 Å². The zero-order chi connectivity index (χ0) is 29.7. The highest BCUT2D eigenvalue weighted by atomic mass is 16.4. The number of carboxylic acids is 1. The number of primary amides is 1. The quantitative estimate of drug-likeness (QED) is 0.0537. The third kappa shape index (κ3) is 12.1. The summed E-state index contributed by atoms with van der Waals surface area (Å²) in [5.41, 5.74) is 21.8. The fourth-order valence-electron chi connectivity index (χ4n) is 3.28. The number of benzene rings is 1. The number of carbonyl (C=O) groups excluding carboxylic acids is 4. The first-order valence-corrected chi connectivity index (χ1v) is 11.9. The van der Waals surface area contributed by atoms with Gasteiger partial charge in [0.2, 0.25) is 23.6 Å². The number of phenols is 1. The van der Waals surface area contributed by atoms with E-state index in [-0.39, 0.29) is 37.5 Å². The maximum Gasteiger partial charge on any atom is 0.326 e. The van der Waals surface area contributed by atoms with E-state index in [9.17, 15) is 39.3 Å². The van der Waals surface area contributed by atoms with Crippen molar-refractivity contribution >= 4 is 35.6 Å². The molecule has 1 aromatic rings. The largest absolute Gasteiger partial charge is 0.508 e. The topological polar surface area (TPSA) is 299 Å². The normalized spacial score (nSPS) is 14.5. The Morgan fingerprint density at radius 1 is 0.897 bits per heavy atom. The molecule has 16 nitrogen and oxygen atoms in total. The second-order valence-electron chi connectivity index (χ2n) is 8.78. The van der Waals surface area contributed by atoms with Crippen LogP contribution in [0.3, 0.4) is 0 Å². The summed E-state index contributed by atoms with van der Waals surface area (Å²) in [6.07, 6.45) is -1.83. The smallest absolute Gasteiger partial charge is 0.326 e. The number of aliphatic carboxylic acids is 1. The van der Waals surface area contributed by atoms with Gasteiger partial charge in [0.25, 0.3) is 0 Å². The highest BCUT2D eigenvalue weighted by molar-refractivity contribution is 5.95. The number of nitrogens with zero attached hydrogens (tertiary/aromatic N) is 1. The first kappa shape index (κ1) is 32.6. The molecule has 14 N–H and O–H groups in total. The molecule has 4 amide bonds. The van der Waals surface area contributed by atoms with Gasteiger partial charge in [0.1, 0.15) is 29.9 Å². The van der Waals surface area contributed by atoms with Gasteiger partial charge >= 0.3 is 5.97 Å². The Morgan fingerprint density at radius 2 is 1.44 bits per heavy atom. The van der Waals surface area contributed by atoms with Crippen molar-refractivity contribution in [3.8, 4) is 5.75 Å². The number of hydrogen-bond acceptors (Lipinski definition) is 9. The molecule has 0 bridgehead atoms. The summed E-state index contributed by atoms with van der Waals surface area (Å²) in [5, 5.41) is 35.6. The monoisotopic (exact) mass is 552 g/mol. The molecule has 1 aromatic carbocycles. The Labute approximate surface area is 224 Å². The lowest BCUT2D eigenvalue weighted by Crippen LogP contribution is -2.58. The van der Waals surface area contributed by atoms with Gasteiger partial charge in [0.15, 0.2) is 5.96 Å². The van der Waals surface area contributed by atoms with Crippen LogP contribution < -0.4 is 38.9 Å². The van der Waals surface area contributed by atoms with E-state index in [2.05, 4.69) is 20.9 Å². The van der Waals surface area contributed by atoms with E-state index in [0.29, 0.717) is 5.56 Å². The molecule has 0 aromatic heterocycles. The molecule has 0 aliphatic heterocycles. The number of phenolic OH excluding ortho intramolecular Hbond substituents is 1. The number of aliphatic hydroxyl groups is 1. The van der Waals surface area contributed by atoms with Gasteiger partial charge in [0.05, 0.1) is 12.5 Å². The van der Waals surface area contributed by atoms with Crippen LogP contribution in [0.25, 0.3) is 0 Å². The van der Waals surface area contributed by atoms with Crippen molar-refractivity contribution in [2.24, 2.45) is 27.9 Å². The molecule has 5 atom stereocenters. The number of carbonyl (C=O) groups is 5. The van der Waals surface area contributed by atoms with E-state index in [1.54, 1.807) is 0 Å². The average molecular weight is 553 g/mol. The zero-order valence-electron chi connectivity index (χ0n) is 21.4. The van der Waals surface area contributed by atoms with Crippen LogP contribution in [0.5, 0.6) is 5.75 Å². The first-order valence-electron chi connectivity index (χ1n) is 11.9. The summed E-state index contributed by atoms with van der Waals surface area (Å²) in [6, 6.07) is 0.0399. The Kier molecular flexibility index (Phi) is 13.1. The molecular formula is C23H36N8O8. The molecule has 216 valence electrons. The molecule has 16 heteroatoms. The van der Waals surface area contributed by atoms with Crippen molar-refractivity contribution in [2.45, 2.75) is 62.9 Å². The van der Waals surface area contributed by atoms with Gasteiger partial charge in [-0.15, -0.1) is 0 Å². The lowest BCUT2D eigenvalue weighted by Gasteiger charge is -2.25. The van der Waals surface area contributed by atoms with Crippen LogP contribution in [-0.4, -0.2) is 87.7 Å². The minimum absolute atomic E-state index is 0.00780. The summed E-state index contributed by atoms with van der Waals surface area (Å²) in [7, 11) is 0. The third-order valence-electron chi connectivity index (χ3n) is 5.43. The van der Waals surface area contributed by atoms with Gasteiger partial charge in [-0.2, -0.15) is 0 Å². The molecule has 0 saturated carbocycles. The predicted octanol–water partition coefficient (Wildman–Crippen LogP) is -3.89. The number of nitrogens with one attached hydrogen (secondary N) is 3. The number of nitrogens with two attached hydrogens (primary N) is 4. The molecule has 0 heterocycles. The van der Waals surface area contributed by atoms with Gasteiger partial charge in [-0.3, -0.25) is 24.2 Å². The summed E-state index contributed by atoms with van der Waals surface area (Å²) in [4.78, 5) is 65.3. The molecule has 0 aliphatic rings. The number of carboxylic acid groups (broad SMARTS) is 1. The van der Waals surface area contributed by atoms with Gasteiger partial charge in [0, 0.05) is 13.0 Å². The lowest BCUT2D eigenvalue weighted by atomic mass is 10.0. The molecule has 0 aliphatic carbocycles. The van der Waals surface area contributed by atoms with Crippen molar-refractivity contribution < 1.29 is 39.3 Å². The fraction of sp³-hybridized carbons (Fsp3) is 0.478. The minimum atomic E-state index is -1.66. The molecule has 0 spiro atoms. The maximum absolute atomic E-state index is 13.2. The van der Waals surface area contributed by atoms with Gasteiger partial charge in [-0.25, -0.2) is 4.79 Å². The Morgan fingerprint density at radius 3 is 1.95 bits per heavy atom. The molecule has 0 radical (unpaired) electrons. The van der Waals surface area contributed by atoms with Crippen LogP contribution in [-0.2, 0) is 30.4 Å². The van der Waals surface area contributed by atoms with Gasteiger partial charge < -0.3 is 54.2 Å². The van der Waals surface area contributed by atoms with Crippen LogP contribution >= 0.6 is 0 Å². The highest BCUT2D eigenvalue weighted by Crippen LogP contribution is 2.12. The maximum atomic E-state index is 13.2. The predicted molar refractivity (Wildman–Crippen MR) is 139 cm³/mol. The molecule has 39 heavy (non-hydrogen) atoms. The Bertz CT molecular complexity index is 1040. The second-order valence-corrected chi connectivity index (χ2v) is 8.78. The molecule has 1 rings (SSSR count). The summed E-state index contributed by atoms with van der Waals surface area (Å²) < 4.78 is 0. The number of guanidine groups is 1. The van der Waals surface area contributed by atoms with Crippen LogP contribution in [0.15, 0.2) is 29.3 Å². The van der Waals surface area contributed by atoms with Crippen molar-refractivity contribution in [3.63, 3.8) is 0 Å². The van der Waals surface area contributed by atoms with Crippen LogP contribution in [0, 0.1) is 0 Å². The van der Waals surface area contributed by atoms with E-state index in [4.69, 9.17) is 22.9 Å². The SMILES string of the molecule is CC(O)C(N)C(=O)NC(CCCN=C(N)N)C(=O)NC(Cc1ccc(O)cc1)C(=O)NC(CC(N)=O)C(=O)O. The van der Waals surface area contributed by atoms with Gasteiger partial charge in [-0.05, 0) is 37.5 Å². The third-order valence-corrected chi connectivity index (χ3v) is 5.43. The van der Waals surface area contributed by atoms with Crippen LogP contribution in [0.2, 0.25) is 0 Å². The number of hydrogen-bond donors (Lipinski definition) is 10. The van der Waals surface area contributed by atoms with Crippen molar-refractivity contribution in [1.29, 1.82) is 0 Å². The fourth-order valence-corrected chi connectivity index (χ4v) is 3.28. The Hall–Kier alpha value is -4.44.